The number of hydrogen-bond donors (Lipinski definition) is 1. The van der Waals surface area contributed by atoms with Gasteiger partial charge in [0.2, 0.25) is 0 Å². The molecule has 2 heterocycles. The van der Waals surface area contributed by atoms with Crippen LogP contribution in [0.15, 0.2) is 40.8 Å². The van der Waals surface area contributed by atoms with Gasteiger partial charge in [0.1, 0.15) is 5.76 Å². The maximum absolute atomic E-state index is 5.78. The summed E-state index contributed by atoms with van der Waals surface area (Å²) in [5.74, 6) is 1.74. The van der Waals surface area contributed by atoms with E-state index < -0.39 is 0 Å². The molecule has 0 aliphatic heterocycles. The van der Waals surface area contributed by atoms with Crippen LogP contribution in [-0.4, -0.2) is 11.0 Å². The standard InChI is InChI=1S/C14H14N2OS.ClH/c1-9(15)8-10-6-7-12(17-10)14-16-11-4-2-3-5-13(11)18-14;/h2-7,9H,8,15H2,1H3;1H. The summed E-state index contributed by atoms with van der Waals surface area (Å²) < 4.78 is 6.96. The second-order valence-corrected chi connectivity index (χ2v) is 5.46. The first-order valence-corrected chi connectivity index (χ1v) is 6.74. The second kappa shape index (κ2) is 5.74. The molecule has 2 aromatic heterocycles. The molecule has 1 aromatic carbocycles. The van der Waals surface area contributed by atoms with Crippen molar-refractivity contribution in [2.75, 3.05) is 0 Å². The third kappa shape index (κ3) is 2.97. The molecule has 1 atom stereocenters. The Morgan fingerprint density at radius 1 is 1.26 bits per heavy atom. The van der Waals surface area contributed by atoms with Crippen molar-refractivity contribution in [3.63, 3.8) is 0 Å². The summed E-state index contributed by atoms with van der Waals surface area (Å²) in [4.78, 5) is 4.57. The maximum atomic E-state index is 5.78. The van der Waals surface area contributed by atoms with Gasteiger partial charge in [-0.15, -0.1) is 23.7 Å². The summed E-state index contributed by atoms with van der Waals surface area (Å²) in [5, 5.41) is 0.923. The summed E-state index contributed by atoms with van der Waals surface area (Å²) in [5.41, 5.74) is 6.78. The smallest absolute Gasteiger partial charge is 0.162 e. The fraction of sp³-hybridized carbons (Fsp3) is 0.214. The zero-order valence-electron chi connectivity index (χ0n) is 10.5. The molecule has 0 saturated heterocycles. The van der Waals surface area contributed by atoms with Gasteiger partial charge in [0.05, 0.1) is 10.2 Å². The summed E-state index contributed by atoms with van der Waals surface area (Å²) in [7, 11) is 0. The molecule has 0 bridgehead atoms. The molecule has 0 amide bonds. The number of nitrogens with two attached hydrogens (primary N) is 1. The summed E-state index contributed by atoms with van der Waals surface area (Å²) in [6.45, 7) is 1.97. The predicted octanol–water partition coefficient (Wildman–Crippen LogP) is 3.87. The first-order chi connectivity index (χ1) is 8.72. The van der Waals surface area contributed by atoms with Crippen LogP contribution in [0.25, 0.3) is 21.0 Å². The number of halogens is 1. The summed E-state index contributed by atoms with van der Waals surface area (Å²) in [6.07, 6.45) is 0.755. The third-order valence-electron chi connectivity index (χ3n) is 2.69. The Kier molecular flexibility index (Phi) is 4.24. The molecule has 2 N–H and O–H groups in total. The van der Waals surface area contributed by atoms with E-state index in [1.54, 1.807) is 11.3 Å². The Bertz CT molecular complexity index is 642. The van der Waals surface area contributed by atoms with Crippen molar-refractivity contribution < 1.29 is 4.42 Å². The Labute approximate surface area is 121 Å². The zero-order valence-corrected chi connectivity index (χ0v) is 12.1. The largest absolute Gasteiger partial charge is 0.459 e. The highest BCUT2D eigenvalue weighted by atomic mass is 35.5. The third-order valence-corrected chi connectivity index (χ3v) is 3.74. The van der Waals surface area contributed by atoms with E-state index in [1.807, 2.05) is 37.3 Å². The number of nitrogens with zero attached hydrogens (tertiary/aromatic N) is 1. The number of benzene rings is 1. The van der Waals surface area contributed by atoms with Crippen molar-refractivity contribution in [2.45, 2.75) is 19.4 Å². The average Bonchev–Trinajstić information content (AvgIpc) is 2.93. The fourth-order valence-corrected chi connectivity index (χ4v) is 2.82. The van der Waals surface area contributed by atoms with Crippen molar-refractivity contribution >= 4 is 34.0 Å². The van der Waals surface area contributed by atoms with E-state index >= 15 is 0 Å². The number of rotatable bonds is 3. The Morgan fingerprint density at radius 2 is 2.05 bits per heavy atom. The van der Waals surface area contributed by atoms with Crippen LogP contribution in [-0.2, 0) is 6.42 Å². The number of thiazole rings is 1. The quantitative estimate of drug-likeness (QED) is 0.798. The minimum absolute atomic E-state index is 0. The lowest BCUT2D eigenvalue weighted by Crippen LogP contribution is -2.17. The first-order valence-electron chi connectivity index (χ1n) is 5.92. The van der Waals surface area contributed by atoms with Crippen LogP contribution >= 0.6 is 23.7 Å². The van der Waals surface area contributed by atoms with Crippen LogP contribution in [0, 0.1) is 0 Å². The minimum Gasteiger partial charge on any atom is -0.459 e. The number of para-hydroxylation sites is 1. The molecule has 3 rings (SSSR count). The molecule has 0 aliphatic carbocycles. The monoisotopic (exact) mass is 294 g/mol. The molecule has 3 aromatic rings. The lowest BCUT2D eigenvalue weighted by molar-refractivity contribution is 0.503. The molecule has 0 fully saturated rings. The highest BCUT2D eigenvalue weighted by Crippen LogP contribution is 2.31. The van der Waals surface area contributed by atoms with Crippen molar-refractivity contribution in [3.8, 4) is 10.8 Å². The van der Waals surface area contributed by atoms with Crippen molar-refractivity contribution in [1.29, 1.82) is 0 Å². The van der Waals surface area contributed by atoms with Gasteiger partial charge < -0.3 is 10.2 Å². The van der Waals surface area contributed by atoms with E-state index in [2.05, 4.69) is 11.1 Å². The summed E-state index contributed by atoms with van der Waals surface area (Å²) in [6, 6.07) is 12.2. The number of hydrogen-bond acceptors (Lipinski definition) is 4. The Morgan fingerprint density at radius 3 is 2.79 bits per heavy atom. The van der Waals surface area contributed by atoms with Gasteiger partial charge in [-0.25, -0.2) is 4.98 Å². The van der Waals surface area contributed by atoms with Crippen molar-refractivity contribution in [1.82, 2.24) is 4.98 Å². The van der Waals surface area contributed by atoms with E-state index in [4.69, 9.17) is 10.2 Å². The molecule has 100 valence electrons. The molecule has 1 unspecified atom stereocenters. The van der Waals surface area contributed by atoms with Crippen LogP contribution in [0.3, 0.4) is 0 Å². The van der Waals surface area contributed by atoms with Crippen LogP contribution in [0.1, 0.15) is 12.7 Å². The highest BCUT2D eigenvalue weighted by molar-refractivity contribution is 7.21. The van der Waals surface area contributed by atoms with Gasteiger partial charge in [-0.3, -0.25) is 0 Å². The second-order valence-electron chi connectivity index (χ2n) is 4.43. The topological polar surface area (TPSA) is 52.0 Å². The van der Waals surface area contributed by atoms with Gasteiger partial charge in [0.25, 0.3) is 0 Å². The average molecular weight is 295 g/mol. The van der Waals surface area contributed by atoms with Gasteiger partial charge in [0.15, 0.2) is 10.8 Å². The van der Waals surface area contributed by atoms with Gasteiger partial charge in [-0.2, -0.15) is 0 Å². The first kappa shape index (κ1) is 14.1. The normalized spacial score (nSPS) is 12.3. The van der Waals surface area contributed by atoms with Crippen LogP contribution in [0.5, 0.6) is 0 Å². The highest BCUT2D eigenvalue weighted by Gasteiger charge is 2.10. The Hall–Kier alpha value is -1.36. The minimum atomic E-state index is 0. The SMILES string of the molecule is CC(N)Cc1ccc(-c2nc3ccccc3s2)o1.Cl. The molecular weight excluding hydrogens is 280 g/mol. The molecule has 0 aliphatic rings. The molecular formula is C14H15ClN2OS. The molecule has 5 heteroatoms. The lowest BCUT2D eigenvalue weighted by Gasteiger charge is -1.99. The van der Waals surface area contributed by atoms with Gasteiger partial charge in [-0.05, 0) is 31.2 Å². The lowest BCUT2D eigenvalue weighted by atomic mass is 10.2. The Balaban J connectivity index is 0.00000133. The van der Waals surface area contributed by atoms with Gasteiger partial charge in [-0.1, -0.05) is 12.1 Å². The van der Waals surface area contributed by atoms with E-state index in [-0.39, 0.29) is 18.4 Å². The molecule has 0 saturated carbocycles. The molecule has 0 spiro atoms. The molecule has 0 radical (unpaired) electrons. The number of fused-ring (bicyclic) bond motifs is 1. The number of aromatic nitrogens is 1. The van der Waals surface area contributed by atoms with Gasteiger partial charge in [0, 0.05) is 12.5 Å². The van der Waals surface area contributed by atoms with Crippen LogP contribution < -0.4 is 5.73 Å². The van der Waals surface area contributed by atoms with E-state index in [0.29, 0.717) is 0 Å². The molecule has 3 nitrogen and oxygen atoms in total. The fourth-order valence-electron chi connectivity index (χ4n) is 1.90. The van der Waals surface area contributed by atoms with E-state index in [0.717, 1.165) is 28.5 Å². The predicted molar refractivity (Wildman–Crippen MR) is 81.9 cm³/mol. The van der Waals surface area contributed by atoms with Gasteiger partial charge >= 0.3 is 0 Å². The van der Waals surface area contributed by atoms with Crippen LogP contribution in [0.2, 0.25) is 0 Å². The molecule has 19 heavy (non-hydrogen) atoms. The summed E-state index contributed by atoms with van der Waals surface area (Å²) >= 11 is 1.65. The van der Waals surface area contributed by atoms with E-state index in [9.17, 15) is 0 Å². The van der Waals surface area contributed by atoms with E-state index in [1.165, 1.54) is 4.70 Å². The zero-order chi connectivity index (χ0) is 12.5. The van der Waals surface area contributed by atoms with Crippen LogP contribution in [0.4, 0.5) is 0 Å². The number of furan rings is 1. The maximum Gasteiger partial charge on any atom is 0.162 e. The van der Waals surface area contributed by atoms with Crippen molar-refractivity contribution in [2.24, 2.45) is 5.73 Å². The van der Waals surface area contributed by atoms with Crippen molar-refractivity contribution in [3.05, 3.63) is 42.2 Å².